The number of hydrogen-bond donors (Lipinski definition) is 3. The van der Waals surface area contributed by atoms with Crippen molar-refractivity contribution in [3.63, 3.8) is 0 Å². The predicted octanol–water partition coefficient (Wildman–Crippen LogP) is 1.77. The molecule has 0 aliphatic heterocycles. The summed E-state index contributed by atoms with van der Waals surface area (Å²) in [6, 6.07) is 11.2. The van der Waals surface area contributed by atoms with E-state index in [-0.39, 0.29) is 16.3 Å². The van der Waals surface area contributed by atoms with Crippen LogP contribution >= 0.6 is 11.6 Å². The summed E-state index contributed by atoms with van der Waals surface area (Å²) in [5, 5.41) is 28.3. The van der Waals surface area contributed by atoms with Crippen LogP contribution in [-0.4, -0.2) is 40.5 Å². The van der Waals surface area contributed by atoms with E-state index in [9.17, 15) is 14.7 Å². The first-order valence-electron chi connectivity index (χ1n) is 8.35. The minimum absolute atomic E-state index is 0.0460. The van der Waals surface area contributed by atoms with E-state index in [1.807, 2.05) is 0 Å². The van der Waals surface area contributed by atoms with Crippen LogP contribution in [-0.2, 0) is 0 Å². The van der Waals surface area contributed by atoms with Crippen molar-refractivity contribution < 1.29 is 5.11 Å². The molecule has 0 radical (unpaired) electrons. The Bertz CT molecular complexity index is 1510. The summed E-state index contributed by atoms with van der Waals surface area (Å²) in [4.78, 5) is 28.8. The van der Waals surface area contributed by atoms with Crippen molar-refractivity contribution in [1.82, 2.24) is 35.4 Å². The first-order valence-corrected chi connectivity index (χ1v) is 8.73. The van der Waals surface area contributed by atoms with E-state index in [1.54, 1.807) is 36.4 Å². The molecule has 0 unspecified atom stereocenters. The van der Waals surface area contributed by atoms with Crippen LogP contribution in [0, 0.1) is 0 Å². The number of benzene rings is 2. The monoisotopic (exact) mass is 407 g/mol. The highest BCUT2D eigenvalue weighted by Crippen LogP contribution is 2.22. The van der Waals surface area contributed by atoms with Crippen LogP contribution in [0.3, 0.4) is 0 Å². The molecule has 3 heterocycles. The smallest absolute Gasteiger partial charge is 0.285 e. The molecule has 11 heteroatoms. The zero-order valence-electron chi connectivity index (χ0n) is 14.4. The van der Waals surface area contributed by atoms with Gasteiger partial charge in [0.25, 0.3) is 11.4 Å². The van der Waals surface area contributed by atoms with Gasteiger partial charge in [0.2, 0.25) is 5.43 Å². The first kappa shape index (κ1) is 17.1. The molecule has 0 saturated heterocycles. The van der Waals surface area contributed by atoms with E-state index in [1.165, 1.54) is 6.07 Å². The molecule has 3 aromatic heterocycles. The topological polar surface area (TPSA) is 142 Å². The number of rotatable bonds is 2. The number of H-pyrrole nitrogens is 2. The summed E-state index contributed by atoms with van der Waals surface area (Å²) in [7, 11) is 0. The Morgan fingerprint density at radius 1 is 1.07 bits per heavy atom. The minimum atomic E-state index is -0.662. The maximum absolute atomic E-state index is 13.0. The van der Waals surface area contributed by atoms with Gasteiger partial charge in [-0.2, -0.15) is 4.68 Å². The average Bonchev–Trinajstić information content (AvgIpc) is 3.25. The molecule has 142 valence electrons. The number of aromatic hydroxyl groups is 1. The van der Waals surface area contributed by atoms with Crippen LogP contribution in [0.5, 0.6) is 5.88 Å². The Balaban J connectivity index is 1.75. The molecular formula is C18H10ClN7O3. The number of pyridine rings is 1. The molecule has 0 atom stereocenters. The minimum Gasteiger partial charge on any atom is -0.491 e. The highest BCUT2D eigenvalue weighted by atomic mass is 35.5. The van der Waals surface area contributed by atoms with Gasteiger partial charge in [0, 0.05) is 16.0 Å². The van der Waals surface area contributed by atoms with Crippen LogP contribution in [0.2, 0.25) is 5.02 Å². The van der Waals surface area contributed by atoms with Gasteiger partial charge >= 0.3 is 0 Å². The van der Waals surface area contributed by atoms with Crippen molar-refractivity contribution in [2.24, 2.45) is 0 Å². The van der Waals surface area contributed by atoms with Crippen molar-refractivity contribution >= 4 is 33.4 Å². The third-order valence-electron chi connectivity index (χ3n) is 4.52. The maximum Gasteiger partial charge on any atom is 0.285 e. The van der Waals surface area contributed by atoms with Crippen molar-refractivity contribution in [3.05, 3.63) is 68.1 Å². The highest BCUT2D eigenvalue weighted by Gasteiger charge is 2.17. The van der Waals surface area contributed by atoms with E-state index in [0.717, 1.165) is 4.68 Å². The lowest BCUT2D eigenvalue weighted by molar-refractivity contribution is 0.443. The molecule has 2 aromatic carbocycles. The molecule has 0 amide bonds. The summed E-state index contributed by atoms with van der Waals surface area (Å²) in [5.74, 6) is -0.0260. The number of hydrogen-bond acceptors (Lipinski definition) is 7. The van der Waals surface area contributed by atoms with Gasteiger partial charge in [-0.25, -0.2) is 5.10 Å². The molecule has 0 saturated carbocycles. The molecule has 29 heavy (non-hydrogen) atoms. The normalized spacial score (nSPS) is 11.3. The second-order valence-electron chi connectivity index (χ2n) is 6.23. The number of nitrogens with zero attached hydrogens (tertiary/aromatic N) is 5. The molecule has 0 aliphatic carbocycles. The standard InChI is InChI=1S/C18H10ClN7O3/c19-9-3-6-11-12(7-9)20-14-13(15(11)27)18(29)26(23-17(14)28)10-4-1-8(2-5-10)16-21-24-25-22-16/h1-7H,(H,20,27)(H,23,28)(H,21,22,24,25). The number of halogens is 1. The zero-order chi connectivity index (χ0) is 20.1. The zero-order valence-corrected chi connectivity index (χ0v) is 15.2. The summed E-state index contributed by atoms with van der Waals surface area (Å²) in [6.07, 6.45) is 0. The predicted molar refractivity (Wildman–Crippen MR) is 105 cm³/mol. The number of fused-ring (bicyclic) bond motifs is 2. The van der Waals surface area contributed by atoms with E-state index >= 15 is 0 Å². The third-order valence-corrected chi connectivity index (χ3v) is 4.75. The van der Waals surface area contributed by atoms with Gasteiger partial charge in [0.05, 0.1) is 11.2 Å². The second kappa shape index (κ2) is 6.24. The van der Waals surface area contributed by atoms with Crippen LogP contribution in [0.4, 0.5) is 0 Å². The van der Waals surface area contributed by atoms with Crippen LogP contribution < -0.4 is 11.0 Å². The average molecular weight is 408 g/mol. The fraction of sp³-hybridized carbons (Fsp3) is 0. The number of tetrazole rings is 1. The quantitative estimate of drug-likeness (QED) is 0.378. The molecule has 0 spiro atoms. The van der Waals surface area contributed by atoms with Gasteiger partial charge in [-0.3, -0.25) is 9.59 Å². The van der Waals surface area contributed by atoms with Gasteiger partial charge in [0.1, 0.15) is 10.9 Å². The molecule has 0 fully saturated rings. The molecule has 5 aromatic rings. The molecule has 0 aliphatic rings. The molecule has 10 nitrogen and oxygen atoms in total. The first-order chi connectivity index (χ1) is 14.0. The van der Waals surface area contributed by atoms with E-state index in [0.29, 0.717) is 27.6 Å². The van der Waals surface area contributed by atoms with Crippen molar-refractivity contribution in [2.45, 2.75) is 0 Å². The number of nitrogens with one attached hydrogen (secondary N) is 2. The fourth-order valence-electron chi connectivity index (χ4n) is 3.15. The Labute approximate surface area is 165 Å². The summed E-state index contributed by atoms with van der Waals surface area (Å²) >= 11 is 5.97. The van der Waals surface area contributed by atoms with Gasteiger partial charge in [0.15, 0.2) is 5.82 Å². The van der Waals surface area contributed by atoms with Crippen LogP contribution in [0.25, 0.3) is 38.9 Å². The van der Waals surface area contributed by atoms with Crippen molar-refractivity contribution in [3.8, 4) is 23.0 Å². The van der Waals surface area contributed by atoms with Gasteiger partial charge in [-0.15, -0.1) is 10.2 Å². The Hall–Kier alpha value is -4.05. The summed E-state index contributed by atoms with van der Waals surface area (Å²) in [6.45, 7) is 0. The van der Waals surface area contributed by atoms with E-state index in [4.69, 9.17) is 11.6 Å². The molecular weight excluding hydrogens is 398 g/mol. The fourth-order valence-corrected chi connectivity index (χ4v) is 3.32. The van der Waals surface area contributed by atoms with Crippen LogP contribution in [0.15, 0.2) is 52.1 Å². The van der Waals surface area contributed by atoms with Gasteiger partial charge < -0.3 is 10.1 Å². The van der Waals surface area contributed by atoms with Crippen molar-refractivity contribution in [2.75, 3.05) is 0 Å². The summed E-state index contributed by atoms with van der Waals surface area (Å²) in [5.41, 5.74) is 0.220. The lowest BCUT2D eigenvalue weighted by atomic mass is 10.1. The number of aromatic amines is 2. The largest absolute Gasteiger partial charge is 0.491 e. The Morgan fingerprint density at radius 2 is 1.86 bits per heavy atom. The molecule has 3 N–H and O–H groups in total. The number of aromatic nitrogens is 7. The van der Waals surface area contributed by atoms with Crippen LogP contribution in [0.1, 0.15) is 0 Å². The second-order valence-corrected chi connectivity index (χ2v) is 6.67. The third kappa shape index (κ3) is 2.65. The van der Waals surface area contributed by atoms with Gasteiger partial charge in [-0.1, -0.05) is 11.6 Å². The highest BCUT2D eigenvalue weighted by molar-refractivity contribution is 6.31. The Kier molecular flexibility index (Phi) is 3.68. The van der Waals surface area contributed by atoms with E-state index in [2.05, 4.69) is 30.7 Å². The SMILES string of the molecule is O=c1c2ccc(Cl)cc2[nH]c2c(O)nn(-c3ccc(-c4nnn[nH]4)cc3)c(=O)c12. The van der Waals surface area contributed by atoms with Crippen molar-refractivity contribution in [1.29, 1.82) is 0 Å². The van der Waals surface area contributed by atoms with Gasteiger partial charge in [-0.05, 0) is 52.9 Å². The lowest BCUT2D eigenvalue weighted by Crippen LogP contribution is -2.26. The lowest BCUT2D eigenvalue weighted by Gasteiger charge is -2.09. The molecule has 5 rings (SSSR count). The molecule has 0 bridgehead atoms. The summed E-state index contributed by atoms with van der Waals surface area (Å²) < 4.78 is 0.969. The maximum atomic E-state index is 13.0. The van der Waals surface area contributed by atoms with E-state index < -0.39 is 16.9 Å². The Morgan fingerprint density at radius 3 is 2.59 bits per heavy atom.